The molecule has 11 heavy (non-hydrogen) atoms. The minimum Gasteiger partial charge on any atom is -0.481 e. The third-order valence-electron chi connectivity index (χ3n) is 1.45. The quantitative estimate of drug-likeness (QED) is 0.447. The Morgan fingerprint density at radius 3 is 2.91 bits per heavy atom. The summed E-state index contributed by atoms with van der Waals surface area (Å²) in [6, 6.07) is 0. The molecule has 0 spiro atoms. The highest BCUT2D eigenvalue weighted by Crippen LogP contribution is 2.12. The topological polar surface area (TPSA) is 59.1 Å². The molecule has 1 saturated heterocycles. The van der Waals surface area contributed by atoms with Crippen molar-refractivity contribution in [3.8, 4) is 0 Å². The van der Waals surface area contributed by atoms with Crippen LogP contribution in [0.5, 0.6) is 0 Å². The number of hydrogen-bond donors (Lipinski definition) is 1. The summed E-state index contributed by atoms with van der Waals surface area (Å²) in [7, 11) is 0. The minimum absolute atomic E-state index is 0.0888. The van der Waals surface area contributed by atoms with E-state index >= 15 is 0 Å². The number of carboxylic acids is 1. The van der Waals surface area contributed by atoms with E-state index in [-0.39, 0.29) is 6.42 Å². The lowest BCUT2D eigenvalue weighted by Gasteiger charge is -1.98. The molecule has 0 aliphatic carbocycles. The lowest BCUT2D eigenvalue weighted by molar-refractivity contribution is -0.138. The summed E-state index contributed by atoms with van der Waals surface area (Å²) in [5, 5.41) is 8.23. The van der Waals surface area contributed by atoms with Crippen LogP contribution in [0, 0.1) is 0 Å². The summed E-state index contributed by atoms with van der Waals surface area (Å²) in [6.07, 6.45) is 1.35. The first-order chi connectivity index (χ1) is 5.29. The van der Waals surface area contributed by atoms with E-state index in [0.29, 0.717) is 19.3 Å². The van der Waals surface area contributed by atoms with Crippen LogP contribution in [-0.2, 0) is 14.3 Å². The van der Waals surface area contributed by atoms with E-state index in [9.17, 15) is 4.79 Å². The maximum absolute atomic E-state index is 10.0. The molecule has 0 radical (unpaired) electrons. The molecule has 1 aliphatic rings. The summed E-state index contributed by atoms with van der Waals surface area (Å²) in [5.74, 6) is -0.812. The summed E-state index contributed by atoms with van der Waals surface area (Å²) >= 11 is 0. The number of hydrogen-bond acceptors (Lipinski definition) is 3. The van der Waals surface area contributed by atoms with Crippen molar-refractivity contribution in [1.29, 1.82) is 0 Å². The molecule has 1 N–H and O–H groups in total. The zero-order valence-corrected chi connectivity index (χ0v) is 6.28. The fourth-order valence-electron chi connectivity index (χ4n) is 0.711. The van der Waals surface area contributed by atoms with Crippen LogP contribution in [0.2, 0.25) is 0 Å². The SMILES string of the molecule is O=C(O)CCOCCC1CO1. The normalized spacial score (nSPS) is 21.6. The number of epoxide rings is 1. The Bertz CT molecular complexity index is 130. The summed E-state index contributed by atoms with van der Waals surface area (Å²) in [5.41, 5.74) is 0. The Labute approximate surface area is 65.1 Å². The molecule has 1 atom stereocenters. The lowest BCUT2D eigenvalue weighted by atomic mass is 10.3. The van der Waals surface area contributed by atoms with Gasteiger partial charge in [0.05, 0.1) is 25.7 Å². The maximum atomic E-state index is 10.0. The van der Waals surface area contributed by atoms with Gasteiger partial charge in [-0.15, -0.1) is 0 Å². The molecular weight excluding hydrogens is 148 g/mol. The van der Waals surface area contributed by atoms with Crippen LogP contribution in [0.15, 0.2) is 0 Å². The van der Waals surface area contributed by atoms with Crippen LogP contribution in [0.25, 0.3) is 0 Å². The monoisotopic (exact) mass is 160 g/mol. The predicted molar refractivity (Wildman–Crippen MR) is 37.4 cm³/mol. The van der Waals surface area contributed by atoms with Gasteiger partial charge in [-0.05, 0) is 6.42 Å². The molecule has 4 nitrogen and oxygen atoms in total. The van der Waals surface area contributed by atoms with Crippen molar-refractivity contribution in [2.75, 3.05) is 19.8 Å². The van der Waals surface area contributed by atoms with Crippen LogP contribution in [-0.4, -0.2) is 37.0 Å². The minimum atomic E-state index is -0.812. The van der Waals surface area contributed by atoms with Crippen LogP contribution in [0.3, 0.4) is 0 Å². The van der Waals surface area contributed by atoms with E-state index in [2.05, 4.69) is 0 Å². The van der Waals surface area contributed by atoms with Crippen molar-refractivity contribution in [2.24, 2.45) is 0 Å². The third-order valence-corrected chi connectivity index (χ3v) is 1.45. The summed E-state index contributed by atoms with van der Waals surface area (Å²) in [6.45, 7) is 1.75. The molecule has 64 valence electrons. The summed E-state index contributed by atoms with van der Waals surface area (Å²) < 4.78 is 9.97. The van der Waals surface area contributed by atoms with Gasteiger partial charge < -0.3 is 14.6 Å². The zero-order chi connectivity index (χ0) is 8.10. The Morgan fingerprint density at radius 2 is 2.36 bits per heavy atom. The standard InChI is InChI=1S/C7H12O4/c8-7(9)2-4-10-3-1-6-5-11-6/h6H,1-5H2,(H,8,9). The van der Waals surface area contributed by atoms with Crippen molar-refractivity contribution in [2.45, 2.75) is 18.9 Å². The fraction of sp³-hybridized carbons (Fsp3) is 0.857. The smallest absolute Gasteiger partial charge is 0.305 e. The van der Waals surface area contributed by atoms with Crippen LogP contribution in [0.4, 0.5) is 0 Å². The average Bonchev–Trinajstić information content (AvgIpc) is 2.70. The van der Waals surface area contributed by atoms with Gasteiger partial charge >= 0.3 is 5.97 Å². The van der Waals surface area contributed by atoms with Gasteiger partial charge in [-0.25, -0.2) is 0 Å². The van der Waals surface area contributed by atoms with Crippen LogP contribution < -0.4 is 0 Å². The highest BCUT2D eigenvalue weighted by molar-refractivity contribution is 5.66. The average molecular weight is 160 g/mol. The van der Waals surface area contributed by atoms with E-state index in [1.54, 1.807) is 0 Å². The van der Waals surface area contributed by atoms with Gasteiger partial charge in [0.15, 0.2) is 0 Å². The second kappa shape index (κ2) is 4.31. The van der Waals surface area contributed by atoms with Gasteiger partial charge in [0, 0.05) is 6.61 Å². The van der Waals surface area contributed by atoms with Gasteiger partial charge in [-0.2, -0.15) is 0 Å². The van der Waals surface area contributed by atoms with Crippen molar-refractivity contribution in [3.63, 3.8) is 0 Å². The van der Waals surface area contributed by atoms with E-state index < -0.39 is 5.97 Å². The molecular formula is C7H12O4. The Balaban J connectivity index is 1.76. The van der Waals surface area contributed by atoms with E-state index in [4.69, 9.17) is 14.6 Å². The van der Waals surface area contributed by atoms with Gasteiger partial charge in [0.2, 0.25) is 0 Å². The Kier molecular flexibility index (Phi) is 3.32. The molecule has 0 aromatic carbocycles. The molecule has 1 aliphatic heterocycles. The molecule has 0 saturated carbocycles. The van der Waals surface area contributed by atoms with Gasteiger partial charge in [-0.1, -0.05) is 0 Å². The van der Waals surface area contributed by atoms with Gasteiger partial charge in [0.1, 0.15) is 0 Å². The number of aliphatic carboxylic acids is 1. The lowest BCUT2D eigenvalue weighted by Crippen LogP contribution is -2.04. The molecule has 0 bridgehead atoms. The molecule has 1 heterocycles. The highest BCUT2D eigenvalue weighted by Gasteiger charge is 2.21. The fourth-order valence-corrected chi connectivity index (χ4v) is 0.711. The second-order valence-corrected chi connectivity index (χ2v) is 2.50. The number of carbonyl (C=O) groups is 1. The maximum Gasteiger partial charge on any atom is 0.305 e. The molecule has 0 aromatic rings. The molecule has 4 heteroatoms. The molecule has 1 unspecified atom stereocenters. The van der Waals surface area contributed by atoms with E-state index in [0.717, 1.165) is 13.0 Å². The molecule has 0 aromatic heterocycles. The zero-order valence-electron chi connectivity index (χ0n) is 6.28. The molecule has 1 fully saturated rings. The highest BCUT2D eigenvalue weighted by atomic mass is 16.6. The Hall–Kier alpha value is -0.610. The first-order valence-corrected chi connectivity index (χ1v) is 3.70. The van der Waals surface area contributed by atoms with Crippen molar-refractivity contribution in [3.05, 3.63) is 0 Å². The van der Waals surface area contributed by atoms with Gasteiger partial charge in [-0.3, -0.25) is 4.79 Å². The largest absolute Gasteiger partial charge is 0.481 e. The molecule has 1 rings (SSSR count). The second-order valence-electron chi connectivity index (χ2n) is 2.50. The van der Waals surface area contributed by atoms with Crippen molar-refractivity contribution in [1.82, 2.24) is 0 Å². The van der Waals surface area contributed by atoms with Crippen LogP contribution >= 0.6 is 0 Å². The third kappa shape index (κ3) is 4.75. The summed E-state index contributed by atoms with van der Waals surface area (Å²) in [4.78, 5) is 10.0. The van der Waals surface area contributed by atoms with Crippen molar-refractivity contribution < 1.29 is 19.4 Å². The Morgan fingerprint density at radius 1 is 1.64 bits per heavy atom. The number of rotatable bonds is 6. The van der Waals surface area contributed by atoms with Gasteiger partial charge in [0.25, 0.3) is 0 Å². The first-order valence-electron chi connectivity index (χ1n) is 3.70. The van der Waals surface area contributed by atoms with E-state index in [1.807, 2.05) is 0 Å². The molecule has 0 amide bonds. The first kappa shape index (κ1) is 8.49. The number of carboxylic acid groups (broad SMARTS) is 1. The van der Waals surface area contributed by atoms with Crippen molar-refractivity contribution >= 4 is 5.97 Å². The number of ether oxygens (including phenoxy) is 2. The predicted octanol–water partition coefficient (Wildman–Crippen LogP) is 0.267. The van der Waals surface area contributed by atoms with Crippen LogP contribution in [0.1, 0.15) is 12.8 Å². The van der Waals surface area contributed by atoms with E-state index in [1.165, 1.54) is 0 Å².